The van der Waals surface area contributed by atoms with E-state index in [9.17, 15) is 8.78 Å². The summed E-state index contributed by atoms with van der Waals surface area (Å²) >= 11 is 4.39. The Labute approximate surface area is 92.9 Å². The molecule has 1 atom stereocenters. The summed E-state index contributed by atoms with van der Waals surface area (Å²) in [5, 5.41) is 8.46. The normalized spacial score (nSPS) is 14.4. The minimum absolute atomic E-state index is 0.369. The zero-order chi connectivity index (χ0) is 10.9. The Hall–Kier alpha value is -0.0400. The molecule has 14 heavy (non-hydrogen) atoms. The molecule has 1 rings (SSSR count). The van der Waals surface area contributed by atoms with Crippen LogP contribution in [-0.2, 0) is 0 Å². The molecule has 0 amide bonds. The van der Waals surface area contributed by atoms with Gasteiger partial charge in [-0.15, -0.1) is 11.3 Å². The maximum atomic E-state index is 13.0. The van der Waals surface area contributed by atoms with Crippen LogP contribution in [-0.4, -0.2) is 17.6 Å². The summed E-state index contributed by atoms with van der Waals surface area (Å²) in [4.78, 5) is 0.369. The predicted octanol–water partition coefficient (Wildman–Crippen LogP) is 2.45. The van der Waals surface area contributed by atoms with Gasteiger partial charge in [0.05, 0.1) is 3.79 Å². The maximum absolute atomic E-state index is 13.0. The van der Waals surface area contributed by atoms with Crippen LogP contribution in [0, 0.1) is 6.92 Å². The number of hydrogen-bond acceptors (Lipinski definition) is 3. The van der Waals surface area contributed by atoms with Gasteiger partial charge >= 0.3 is 0 Å². The number of aliphatic hydroxyl groups excluding tert-OH is 1. The van der Waals surface area contributed by atoms with E-state index in [1.165, 1.54) is 11.3 Å². The van der Waals surface area contributed by atoms with Gasteiger partial charge in [-0.05, 0) is 34.5 Å². The lowest BCUT2D eigenvalue weighted by Crippen LogP contribution is -2.35. The van der Waals surface area contributed by atoms with Crippen LogP contribution >= 0.6 is 27.3 Å². The van der Waals surface area contributed by atoms with Crippen molar-refractivity contribution >= 4 is 27.3 Å². The lowest BCUT2D eigenvalue weighted by atomic mass is 10.1. The van der Waals surface area contributed by atoms with Crippen molar-refractivity contribution in [3.8, 4) is 0 Å². The van der Waals surface area contributed by atoms with Crippen molar-refractivity contribution in [2.75, 3.05) is 6.61 Å². The Kier molecular flexibility index (Phi) is 3.63. The molecule has 0 aliphatic heterocycles. The van der Waals surface area contributed by atoms with E-state index in [1.807, 2.05) is 0 Å². The highest BCUT2D eigenvalue weighted by Crippen LogP contribution is 2.36. The Bertz CT molecular complexity index is 310. The molecule has 0 spiro atoms. The first kappa shape index (κ1) is 12.0. The van der Waals surface area contributed by atoms with E-state index in [0.29, 0.717) is 4.88 Å². The number of hydrogen-bond donors (Lipinski definition) is 2. The number of alkyl halides is 2. The number of nitrogens with two attached hydrogens (primary N) is 1. The van der Waals surface area contributed by atoms with Crippen LogP contribution < -0.4 is 5.73 Å². The van der Waals surface area contributed by atoms with E-state index in [-0.39, 0.29) is 0 Å². The molecular weight excluding hydrogens is 276 g/mol. The Balaban J connectivity index is 2.94. The smallest absolute Gasteiger partial charge is 0.290 e. The molecule has 0 saturated heterocycles. The topological polar surface area (TPSA) is 46.2 Å². The van der Waals surface area contributed by atoms with Crippen molar-refractivity contribution in [3.05, 3.63) is 20.3 Å². The summed E-state index contributed by atoms with van der Waals surface area (Å²) in [5.74, 6) is -3.27. The Morgan fingerprint density at radius 1 is 1.71 bits per heavy atom. The average molecular weight is 286 g/mol. The van der Waals surface area contributed by atoms with E-state index in [2.05, 4.69) is 15.9 Å². The molecule has 0 bridgehead atoms. The average Bonchev–Trinajstić information content (AvgIpc) is 2.45. The number of aryl methyl sites for hydroxylation is 1. The standard InChI is InChI=1S/C8H10BrF2NOS/c1-4-2-5(14-7(4)9)6(12)8(10,11)3-13/h2,6,13H,3,12H2,1H3. The highest BCUT2D eigenvalue weighted by atomic mass is 79.9. The van der Waals surface area contributed by atoms with Crippen molar-refractivity contribution in [1.29, 1.82) is 0 Å². The van der Waals surface area contributed by atoms with E-state index < -0.39 is 18.6 Å². The van der Waals surface area contributed by atoms with Crippen LogP contribution in [0.4, 0.5) is 8.78 Å². The second-order valence-electron chi connectivity index (χ2n) is 3.00. The van der Waals surface area contributed by atoms with Gasteiger partial charge in [0.25, 0.3) is 5.92 Å². The van der Waals surface area contributed by atoms with Gasteiger partial charge in [0.1, 0.15) is 12.6 Å². The second-order valence-corrected chi connectivity index (χ2v) is 5.40. The molecule has 1 aromatic heterocycles. The molecule has 6 heteroatoms. The number of halogens is 3. The second kappa shape index (κ2) is 4.22. The summed E-state index contributed by atoms with van der Waals surface area (Å²) in [6, 6.07) is 0.158. The SMILES string of the molecule is Cc1cc(C(N)C(F)(F)CO)sc1Br. The van der Waals surface area contributed by atoms with Gasteiger partial charge in [-0.3, -0.25) is 0 Å². The molecular formula is C8H10BrF2NOS. The van der Waals surface area contributed by atoms with Crippen molar-refractivity contribution in [2.24, 2.45) is 5.73 Å². The summed E-state index contributed by atoms with van der Waals surface area (Å²) in [6.07, 6.45) is 0. The van der Waals surface area contributed by atoms with E-state index in [4.69, 9.17) is 10.8 Å². The number of thiophene rings is 1. The predicted molar refractivity (Wildman–Crippen MR) is 55.7 cm³/mol. The molecule has 80 valence electrons. The molecule has 0 aromatic carbocycles. The van der Waals surface area contributed by atoms with Crippen molar-refractivity contribution in [3.63, 3.8) is 0 Å². The molecule has 0 saturated carbocycles. The van der Waals surface area contributed by atoms with Gasteiger partial charge in [-0.25, -0.2) is 8.78 Å². The van der Waals surface area contributed by atoms with Crippen LogP contribution in [0.2, 0.25) is 0 Å². The van der Waals surface area contributed by atoms with Crippen LogP contribution in [0.3, 0.4) is 0 Å². The number of rotatable bonds is 3. The lowest BCUT2D eigenvalue weighted by molar-refractivity contribution is -0.0703. The fourth-order valence-electron chi connectivity index (χ4n) is 0.943. The molecule has 2 nitrogen and oxygen atoms in total. The zero-order valence-corrected chi connectivity index (χ0v) is 9.83. The fourth-order valence-corrected chi connectivity index (χ4v) is 2.58. The Morgan fingerprint density at radius 3 is 2.64 bits per heavy atom. The summed E-state index contributed by atoms with van der Waals surface area (Å²) in [6.45, 7) is 0.566. The Morgan fingerprint density at radius 2 is 2.29 bits per heavy atom. The summed E-state index contributed by atoms with van der Waals surface area (Å²) in [7, 11) is 0. The minimum Gasteiger partial charge on any atom is -0.390 e. The molecule has 1 unspecified atom stereocenters. The highest BCUT2D eigenvalue weighted by Gasteiger charge is 2.38. The molecule has 0 aliphatic rings. The first-order valence-electron chi connectivity index (χ1n) is 3.88. The third-order valence-corrected chi connectivity index (χ3v) is 4.07. The van der Waals surface area contributed by atoms with Crippen LogP contribution in [0.1, 0.15) is 16.5 Å². The van der Waals surface area contributed by atoms with Crippen molar-refractivity contribution in [2.45, 2.75) is 18.9 Å². The van der Waals surface area contributed by atoms with Crippen LogP contribution in [0.15, 0.2) is 9.85 Å². The van der Waals surface area contributed by atoms with Gasteiger partial charge in [0.2, 0.25) is 0 Å². The fraction of sp³-hybridized carbons (Fsp3) is 0.500. The zero-order valence-electron chi connectivity index (χ0n) is 7.43. The first-order chi connectivity index (χ1) is 6.38. The molecule has 0 radical (unpaired) electrons. The molecule has 0 aliphatic carbocycles. The highest BCUT2D eigenvalue weighted by molar-refractivity contribution is 9.11. The molecule has 0 fully saturated rings. The van der Waals surface area contributed by atoms with Gasteiger partial charge in [0, 0.05) is 4.88 Å². The van der Waals surface area contributed by atoms with E-state index in [1.54, 1.807) is 13.0 Å². The van der Waals surface area contributed by atoms with Gasteiger partial charge < -0.3 is 10.8 Å². The van der Waals surface area contributed by atoms with Gasteiger partial charge in [-0.2, -0.15) is 0 Å². The monoisotopic (exact) mass is 285 g/mol. The maximum Gasteiger partial charge on any atom is 0.290 e. The van der Waals surface area contributed by atoms with Gasteiger partial charge in [-0.1, -0.05) is 0 Å². The van der Waals surface area contributed by atoms with E-state index >= 15 is 0 Å². The van der Waals surface area contributed by atoms with Crippen LogP contribution in [0.25, 0.3) is 0 Å². The first-order valence-corrected chi connectivity index (χ1v) is 5.49. The summed E-state index contributed by atoms with van der Waals surface area (Å²) < 4.78 is 26.8. The molecule has 1 aromatic rings. The van der Waals surface area contributed by atoms with Crippen LogP contribution in [0.5, 0.6) is 0 Å². The number of aliphatic hydroxyl groups is 1. The lowest BCUT2D eigenvalue weighted by Gasteiger charge is -2.19. The quantitative estimate of drug-likeness (QED) is 0.896. The third kappa shape index (κ3) is 2.31. The molecule has 3 N–H and O–H groups in total. The minimum atomic E-state index is -3.27. The van der Waals surface area contributed by atoms with Crippen molar-refractivity contribution < 1.29 is 13.9 Å². The van der Waals surface area contributed by atoms with E-state index in [0.717, 1.165) is 9.35 Å². The molecule has 1 heterocycles. The summed E-state index contributed by atoms with van der Waals surface area (Å²) in [5.41, 5.74) is 6.21. The van der Waals surface area contributed by atoms with Crippen molar-refractivity contribution in [1.82, 2.24) is 0 Å². The van der Waals surface area contributed by atoms with Gasteiger partial charge in [0.15, 0.2) is 0 Å². The largest absolute Gasteiger partial charge is 0.390 e. The third-order valence-electron chi connectivity index (χ3n) is 1.85.